The van der Waals surface area contributed by atoms with E-state index in [4.69, 9.17) is 4.74 Å². The van der Waals surface area contributed by atoms with E-state index in [0.717, 1.165) is 16.7 Å². The number of aliphatic hydroxyl groups is 1. The van der Waals surface area contributed by atoms with E-state index in [1.54, 1.807) is 27.7 Å². The number of carbonyl (C=O) groups excluding carboxylic acids is 2. The van der Waals surface area contributed by atoms with Crippen LogP contribution in [0.25, 0.3) is 0 Å². The lowest BCUT2D eigenvalue weighted by atomic mass is 9.98. The fraction of sp³-hybridized carbons (Fsp3) is 0.407. The van der Waals surface area contributed by atoms with Gasteiger partial charge >= 0.3 is 6.09 Å². The van der Waals surface area contributed by atoms with Crippen LogP contribution >= 0.6 is 0 Å². The Labute approximate surface area is 197 Å². The van der Waals surface area contributed by atoms with Crippen molar-refractivity contribution in [3.05, 3.63) is 83.9 Å². The van der Waals surface area contributed by atoms with Crippen LogP contribution in [0.2, 0.25) is 0 Å². The largest absolute Gasteiger partial charge is 0.444 e. The van der Waals surface area contributed by atoms with Crippen LogP contribution in [0.5, 0.6) is 0 Å². The molecule has 0 saturated heterocycles. The predicted molar refractivity (Wildman–Crippen MR) is 131 cm³/mol. The van der Waals surface area contributed by atoms with Crippen LogP contribution in [0.1, 0.15) is 45.2 Å². The van der Waals surface area contributed by atoms with E-state index in [1.165, 1.54) is 0 Å². The molecular formula is C27H36N2O4. The van der Waals surface area contributed by atoms with Crippen molar-refractivity contribution in [1.29, 1.82) is 0 Å². The molecule has 0 aromatic heterocycles. The maximum Gasteiger partial charge on any atom is 0.408 e. The highest BCUT2D eigenvalue weighted by molar-refractivity contribution is 5.86. The van der Waals surface area contributed by atoms with Gasteiger partial charge in [0.1, 0.15) is 11.6 Å². The zero-order valence-electron chi connectivity index (χ0n) is 20.0. The van der Waals surface area contributed by atoms with Gasteiger partial charge in [-0.25, -0.2) is 4.79 Å². The third-order valence-electron chi connectivity index (χ3n) is 5.03. The van der Waals surface area contributed by atoms with Gasteiger partial charge in [-0.1, -0.05) is 72.8 Å². The molecule has 0 aliphatic carbocycles. The molecule has 0 aliphatic heterocycles. The summed E-state index contributed by atoms with van der Waals surface area (Å²) in [6.07, 6.45) is -0.142. The van der Waals surface area contributed by atoms with Gasteiger partial charge in [0.15, 0.2) is 0 Å². The van der Waals surface area contributed by atoms with Crippen molar-refractivity contribution in [3.63, 3.8) is 0 Å². The van der Waals surface area contributed by atoms with Gasteiger partial charge in [-0.2, -0.15) is 0 Å². The summed E-state index contributed by atoms with van der Waals surface area (Å²) < 4.78 is 5.33. The average molecular weight is 453 g/mol. The SMILES string of the molecule is C=C(Cc1ccccc1)C[C@H](O)[C@H](C)NC(=O)[C@H](Cc1ccccc1)NC(=O)OC(C)(C)C. The Kier molecular flexibility index (Phi) is 9.67. The minimum atomic E-state index is -0.843. The Morgan fingerprint density at radius 2 is 1.52 bits per heavy atom. The van der Waals surface area contributed by atoms with Gasteiger partial charge in [0.25, 0.3) is 0 Å². The average Bonchev–Trinajstić information content (AvgIpc) is 2.73. The molecule has 6 heteroatoms. The smallest absolute Gasteiger partial charge is 0.408 e. The van der Waals surface area contributed by atoms with E-state index in [1.807, 2.05) is 60.7 Å². The van der Waals surface area contributed by atoms with Crippen LogP contribution in [0.4, 0.5) is 4.79 Å². The van der Waals surface area contributed by atoms with Crippen molar-refractivity contribution in [3.8, 4) is 0 Å². The van der Waals surface area contributed by atoms with Crippen molar-refractivity contribution < 1.29 is 19.4 Å². The van der Waals surface area contributed by atoms with Gasteiger partial charge in [-0.3, -0.25) is 4.79 Å². The van der Waals surface area contributed by atoms with Gasteiger partial charge in [0.2, 0.25) is 5.91 Å². The molecule has 3 N–H and O–H groups in total. The monoisotopic (exact) mass is 452 g/mol. The van der Waals surface area contributed by atoms with E-state index in [9.17, 15) is 14.7 Å². The fourth-order valence-electron chi connectivity index (χ4n) is 3.36. The summed E-state index contributed by atoms with van der Waals surface area (Å²) in [5, 5.41) is 16.1. The van der Waals surface area contributed by atoms with Crippen molar-refractivity contribution in [2.24, 2.45) is 0 Å². The molecule has 0 heterocycles. The number of amides is 2. The van der Waals surface area contributed by atoms with E-state index in [2.05, 4.69) is 17.2 Å². The number of ether oxygens (including phenoxy) is 1. The maximum atomic E-state index is 13.0. The first-order valence-corrected chi connectivity index (χ1v) is 11.3. The van der Waals surface area contributed by atoms with Crippen molar-refractivity contribution >= 4 is 12.0 Å². The molecule has 0 spiro atoms. The first-order valence-electron chi connectivity index (χ1n) is 11.3. The first-order chi connectivity index (χ1) is 15.5. The standard InChI is InChI=1S/C27H36N2O4/c1-19(16-21-12-8-6-9-13-21)17-24(30)20(2)28-25(31)23(18-22-14-10-7-11-15-22)29-26(32)33-27(3,4)5/h6-15,20,23-24,30H,1,16-18H2,2-5H3,(H,28,31)(H,29,32)/t20-,23-,24-/m0/s1. The summed E-state index contributed by atoms with van der Waals surface area (Å²) in [6.45, 7) is 11.1. The highest BCUT2D eigenvalue weighted by atomic mass is 16.6. The minimum absolute atomic E-state index is 0.301. The quantitative estimate of drug-likeness (QED) is 0.472. The van der Waals surface area contributed by atoms with Gasteiger partial charge in [0, 0.05) is 6.42 Å². The molecular weight excluding hydrogens is 416 g/mol. The van der Waals surface area contributed by atoms with Crippen LogP contribution < -0.4 is 10.6 Å². The van der Waals surface area contributed by atoms with E-state index >= 15 is 0 Å². The molecule has 0 aliphatic rings. The molecule has 178 valence electrons. The summed E-state index contributed by atoms with van der Waals surface area (Å²) in [6, 6.07) is 18.0. The van der Waals surface area contributed by atoms with Crippen LogP contribution in [0.15, 0.2) is 72.8 Å². The Morgan fingerprint density at radius 1 is 0.970 bits per heavy atom. The summed E-state index contributed by atoms with van der Waals surface area (Å²) in [5.74, 6) is -0.384. The number of nitrogens with one attached hydrogen (secondary N) is 2. The predicted octanol–water partition coefficient (Wildman–Crippen LogP) is 4.18. The molecule has 2 rings (SSSR count). The molecule has 0 saturated carbocycles. The highest BCUT2D eigenvalue weighted by Gasteiger charge is 2.27. The highest BCUT2D eigenvalue weighted by Crippen LogP contribution is 2.14. The second-order valence-corrected chi connectivity index (χ2v) is 9.37. The topological polar surface area (TPSA) is 87.7 Å². The molecule has 3 atom stereocenters. The number of hydrogen-bond donors (Lipinski definition) is 3. The van der Waals surface area contributed by atoms with Crippen LogP contribution in [-0.4, -0.2) is 40.9 Å². The van der Waals surface area contributed by atoms with Gasteiger partial charge in [-0.05, 0) is 51.7 Å². The van der Waals surface area contributed by atoms with Crippen molar-refractivity contribution in [2.45, 2.75) is 70.7 Å². The molecule has 2 aromatic carbocycles. The molecule has 0 bridgehead atoms. The minimum Gasteiger partial charge on any atom is -0.444 e. The Hall–Kier alpha value is -3.12. The van der Waals surface area contributed by atoms with E-state index in [0.29, 0.717) is 19.3 Å². The third-order valence-corrected chi connectivity index (χ3v) is 5.03. The zero-order chi connectivity index (χ0) is 24.4. The Bertz CT molecular complexity index is 907. The number of hydrogen-bond acceptors (Lipinski definition) is 4. The summed E-state index contributed by atoms with van der Waals surface area (Å²) in [7, 11) is 0. The van der Waals surface area contributed by atoms with E-state index in [-0.39, 0.29) is 5.91 Å². The number of carbonyl (C=O) groups is 2. The Balaban J connectivity index is 1.98. The van der Waals surface area contributed by atoms with Gasteiger partial charge < -0.3 is 20.5 Å². The summed E-state index contributed by atoms with van der Waals surface area (Å²) in [4.78, 5) is 25.4. The van der Waals surface area contributed by atoms with Gasteiger partial charge in [-0.15, -0.1) is 0 Å². The second-order valence-electron chi connectivity index (χ2n) is 9.37. The molecule has 0 radical (unpaired) electrons. The lowest BCUT2D eigenvalue weighted by molar-refractivity contribution is -0.124. The second kappa shape index (κ2) is 12.2. The number of benzene rings is 2. The molecule has 33 heavy (non-hydrogen) atoms. The number of rotatable bonds is 10. The lowest BCUT2D eigenvalue weighted by Crippen LogP contribution is -2.53. The molecule has 6 nitrogen and oxygen atoms in total. The van der Waals surface area contributed by atoms with Gasteiger partial charge in [0.05, 0.1) is 12.1 Å². The molecule has 0 fully saturated rings. The fourth-order valence-corrected chi connectivity index (χ4v) is 3.36. The van der Waals surface area contributed by atoms with Crippen molar-refractivity contribution in [1.82, 2.24) is 10.6 Å². The zero-order valence-corrected chi connectivity index (χ0v) is 20.0. The number of alkyl carbamates (subject to hydrolysis) is 1. The third kappa shape index (κ3) is 9.91. The number of aliphatic hydroxyl groups excluding tert-OH is 1. The first kappa shape index (κ1) is 26.1. The van der Waals surface area contributed by atoms with Crippen LogP contribution in [0.3, 0.4) is 0 Å². The maximum absolute atomic E-state index is 13.0. The molecule has 2 amide bonds. The van der Waals surface area contributed by atoms with Crippen LogP contribution in [0, 0.1) is 0 Å². The molecule has 0 unspecified atom stereocenters. The summed E-state index contributed by atoms with van der Waals surface area (Å²) in [5.41, 5.74) is 2.22. The normalized spacial score (nSPS) is 14.0. The van der Waals surface area contributed by atoms with Crippen LogP contribution in [-0.2, 0) is 22.4 Å². The van der Waals surface area contributed by atoms with Crippen molar-refractivity contribution in [2.75, 3.05) is 0 Å². The molecule has 2 aromatic rings. The summed E-state index contributed by atoms with van der Waals surface area (Å²) >= 11 is 0. The van der Waals surface area contributed by atoms with E-state index < -0.39 is 29.9 Å². The lowest BCUT2D eigenvalue weighted by Gasteiger charge is -2.26. The Morgan fingerprint density at radius 3 is 2.06 bits per heavy atom.